The summed E-state index contributed by atoms with van der Waals surface area (Å²) in [5, 5.41) is 2.92. The molecule has 2 amide bonds. The van der Waals surface area contributed by atoms with E-state index in [0.29, 0.717) is 28.3 Å². The summed E-state index contributed by atoms with van der Waals surface area (Å²) in [7, 11) is 0. The minimum atomic E-state index is -3.09. The summed E-state index contributed by atoms with van der Waals surface area (Å²) in [5.74, 6) is -1.03. The Hall–Kier alpha value is -4.61. The summed E-state index contributed by atoms with van der Waals surface area (Å²) >= 11 is 0. The Labute approximate surface area is 232 Å². The number of nitrogens with one attached hydrogen (secondary N) is 1. The first-order valence-electron chi connectivity index (χ1n) is 13.1. The van der Waals surface area contributed by atoms with Crippen LogP contribution in [-0.4, -0.2) is 42.4 Å². The first-order chi connectivity index (χ1) is 19.6. The Morgan fingerprint density at radius 2 is 1.93 bits per heavy atom. The molecule has 0 saturated heterocycles. The normalized spacial score (nSPS) is 17.9. The second-order valence-corrected chi connectivity index (χ2v) is 10.6. The summed E-state index contributed by atoms with van der Waals surface area (Å²) in [5.41, 5.74) is 14.3. The van der Waals surface area contributed by atoms with Crippen LogP contribution in [0.3, 0.4) is 0 Å². The van der Waals surface area contributed by atoms with Crippen molar-refractivity contribution in [2.24, 2.45) is 16.5 Å². The lowest BCUT2D eigenvalue weighted by molar-refractivity contribution is -0.118. The van der Waals surface area contributed by atoms with Gasteiger partial charge in [0.15, 0.2) is 5.75 Å². The first-order valence-corrected chi connectivity index (χ1v) is 13.1. The summed E-state index contributed by atoms with van der Waals surface area (Å²) < 4.78 is 50.3. The van der Waals surface area contributed by atoms with Crippen LogP contribution in [0.15, 0.2) is 47.5 Å². The SMILES string of the molecule is NC(=O)C[C@@H]1COc2c1cc(C1(CNC(=O)c3cc4c(c(OC(F)F)c3)N=C(N)C4)CC1)nc2-c1ccc(F)cc1. The van der Waals surface area contributed by atoms with Crippen LogP contribution in [0.2, 0.25) is 0 Å². The summed E-state index contributed by atoms with van der Waals surface area (Å²) in [6.45, 7) is -2.60. The summed E-state index contributed by atoms with van der Waals surface area (Å²) in [6.07, 6.45) is 1.79. The number of aromatic nitrogens is 1. The van der Waals surface area contributed by atoms with Crippen LogP contribution in [-0.2, 0) is 16.6 Å². The molecule has 1 saturated carbocycles. The van der Waals surface area contributed by atoms with Crippen molar-refractivity contribution in [1.29, 1.82) is 0 Å². The van der Waals surface area contributed by atoms with Crippen LogP contribution in [0.25, 0.3) is 11.3 Å². The topological polar surface area (TPSA) is 142 Å². The maximum absolute atomic E-state index is 13.7. The zero-order chi connectivity index (χ0) is 28.9. The monoisotopic (exact) mass is 565 g/mol. The number of primary amides is 1. The third-order valence-electron chi connectivity index (χ3n) is 7.68. The summed E-state index contributed by atoms with van der Waals surface area (Å²) in [4.78, 5) is 33.9. The predicted octanol–water partition coefficient (Wildman–Crippen LogP) is 3.85. The van der Waals surface area contributed by atoms with Gasteiger partial charge in [0.25, 0.3) is 5.91 Å². The van der Waals surface area contributed by atoms with E-state index in [1.54, 1.807) is 18.2 Å². The van der Waals surface area contributed by atoms with Gasteiger partial charge in [-0.15, -0.1) is 0 Å². The molecule has 41 heavy (non-hydrogen) atoms. The molecule has 1 aliphatic carbocycles. The molecule has 2 aliphatic heterocycles. The van der Waals surface area contributed by atoms with E-state index < -0.39 is 29.7 Å². The number of halogens is 3. The van der Waals surface area contributed by atoms with Gasteiger partial charge in [-0.1, -0.05) is 0 Å². The molecule has 3 aliphatic rings. The number of amides is 2. The highest BCUT2D eigenvalue weighted by Crippen LogP contribution is 2.51. The lowest BCUT2D eigenvalue weighted by Gasteiger charge is -2.20. The van der Waals surface area contributed by atoms with E-state index in [9.17, 15) is 22.8 Å². The number of alkyl halides is 2. The number of benzene rings is 2. The number of aliphatic imine (C=N–C) groups is 1. The van der Waals surface area contributed by atoms with Crippen LogP contribution < -0.4 is 26.3 Å². The van der Waals surface area contributed by atoms with Crippen LogP contribution >= 0.6 is 0 Å². The van der Waals surface area contributed by atoms with Crippen LogP contribution in [0.4, 0.5) is 18.9 Å². The van der Waals surface area contributed by atoms with Crippen LogP contribution in [0, 0.1) is 5.82 Å². The van der Waals surface area contributed by atoms with E-state index in [1.165, 1.54) is 18.2 Å². The van der Waals surface area contributed by atoms with Gasteiger partial charge in [0.05, 0.1) is 6.61 Å². The van der Waals surface area contributed by atoms with Gasteiger partial charge >= 0.3 is 6.61 Å². The van der Waals surface area contributed by atoms with Gasteiger partial charge < -0.3 is 26.3 Å². The van der Waals surface area contributed by atoms with Crippen LogP contribution in [0.1, 0.15) is 52.4 Å². The van der Waals surface area contributed by atoms with Crippen molar-refractivity contribution in [1.82, 2.24) is 10.3 Å². The number of hydrogen-bond donors (Lipinski definition) is 3. The highest BCUT2D eigenvalue weighted by atomic mass is 19.3. The van der Waals surface area contributed by atoms with Gasteiger partial charge in [-0.2, -0.15) is 8.78 Å². The molecular formula is C29H26F3N5O4. The minimum Gasteiger partial charge on any atom is -0.490 e. The van der Waals surface area contributed by atoms with Gasteiger partial charge in [-0.05, 0) is 60.9 Å². The zero-order valence-corrected chi connectivity index (χ0v) is 21.8. The number of hydrogen-bond acceptors (Lipinski definition) is 7. The average molecular weight is 566 g/mol. The van der Waals surface area contributed by atoms with Crippen molar-refractivity contribution in [3.8, 4) is 22.8 Å². The largest absolute Gasteiger partial charge is 0.490 e. The molecule has 3 heterocycles. The van der Waals surface area contributed by atoms with Crippen molar-refractivity contribution in [3.63, 3.8) is 0 Å². The predicted molar refractivity (Wildman–Crippen MR) is 143 cm³/mol. The average Bonchev–Trinajstić information content (AvgIpc) is 3.47. The quantitative estimate of drug-likeness (QED) is 0.360. The molecule has 0 bridgehead atoms. The zero-order valence-electron chi connectivity index (χ0n) is 21.8. The van der Waals surface area contributed by atoms with Crippen LogP contribution in [0.5, 0.6) is 11.5 Å². The van der Waals surface area contributed by atoms with E-state index in [1.807, 2.05) is 6.07 Å². The third-order valence-corrected chi connectivity index (χ3v) is 7.68. The molecule has 0 unspecified atom stereocenters. The lowest BCUT2D eigenvalue weighted by Crippen LogP contribution is -2.33. The first kappa shape index (κ1) is 26.6. The maximum atomic E-state index is 13.7. The molecule has 212 valence electrons. The number of amidine groups is 1. The Balaban J connectivity index is 1.29. The van der Waals surface area contributed by atoms with E-state index in [0.717, 1.165) is 18.4 Å². The molecule has 1 atom stereocenters. The molecule has 0 spiro atoms. The van der Waals surface area contributed by atoms with Crippen molar-refractivity contribution in [3.05, 3.63) is 70.7 Å². The number of nitrogens with two attached hydrogens (primary N) is 2. The van der Waals surface area contributed by atoms with Crippen molar-refractivity contribution in [2.75, 3.05) is 13.2 Å². The number of rotatable bonds is 9. The fraction of sp³-hybridized carbons (Fsp3) is 0.310. The number of carbonyl (C=O) groups excluding carboxylic acids is 2. The second kappa shape index (κ2) is 10.1. The van der Waals surface area contributed by atoms with Gasteiger partial charge in [0.2, 0.25) is 5.91 Å². The number of nitrogens with zero attached hydrogens (tertiary/aromatic N) is 2. The van der Waals surface area contributed by atoms with E-state index >= 15 is 0 Å². The molecule has 1 fully saturated rings. The highest BCUT2D eigenvalue weighted by Gasteiger charge is 2.47. The van der Waals surface area contributed by atoms with E-state index in [4.69, 9.17) is 21.2 Å². The summed E-state index contributed by atoms with van der Waals surface area (Å²) in [6, 6.07) is 10.6. The highest BCUT2D eigenvalue weighted by molar-refractivity contribution is 5.99. The Bertz CT molecular complexity index is 1590. The van der Waals surface area contributed by atoms with Crippen molar-refractivity contribution < 1.29 is 32.2 Å². The van der Waals surface area contributed by atoms with E-state index in [2.05, 4.69) is 15.0 Å². The van der Waals surface area contributed by atoms with Crippen molar-refractivity contribution >= 4 is 23.3 Å². The number of fused-ring (bicyclic) bond motifs is 2. The fourth-order valence-corrected chi connectivity index (χ4v) is 5.42. The van der Waals surface area contributed by atoms with Gasteiger partial charge in [-0.3, -0.25) is 9.59 Å². The molecular weight excluding hydrogens is 539 g/mol. The molecule has 9 nitrogen and oxygen atoms in total. The standard InChI is InChI=1S/C29H26F3N5O4/c30-18-3-1-14(2-4-18)25-26-19(17(12-40-26)10-23(34)38)11-21(36-25)29(5-6-29)13-35-27(39)16-7-15-9-22(33)37-24(15)20(8-16)41-28(31)32/h1-4,7-8,11,17,28H,5-6,9-10,12-13H2,(H2,33,37)(H2,34,38)(H,35,39)/t17-/m1/s1. The smallest absolute Gasteiger partial charge is 0.387 e. The van der Waals surface area contributed by atoms with Gasteiger partial charge in [0.1, 0.15) is 28.8 Å². The Morgan fingerprint density at radius 1 is 1.17 bits per heavy atom. The number of ether oxygens (including phenoxy) is 2. The molecule has 0 radical (unpaired) electrons. The van der Waals surface area contributed by atoms with Crippen molar-refractivity contribution in [2.45, 2.75) is 43.6 Å². The molecule has 12 heteroatoms. The Kier molecular flexibility index (Phi) is 6.55. The molecule has 6 rings (SSSR count). The second-order valence-electron chi connectivity index (χ2n) is 10.6. The maximum Gasteiger partial charge on any atom is 0.387 e. The number of pyridine rings is 1. The lowest BCUT2D eigenvalue weighted by atomic mass is 9.91. The molecule has 2 aromatic carbocycles. The van der Waals surface area contributed by atoms with E-state index in [-0.39, 0.29) is 54.7 Å². The third kappa shape index (κ3) is 5.17. The minimum absolute atomic E-state index is 0.0959. The molecule has 1 aromatic heterocycles. The number of carbonyl (C=O) groups is 2. The van der Waals surface area contributed by atoms with Gasteiger partial charge in [-0.25, -0.2) is 14.4 Å². The fourth-order valence-electron chi connectivity index (χ4n) is 5.42. The molecule has 5 N–H and O–H groups in total. The molecule has 3 aromatic rings. The van der Waals surface area contributed by atoms with Gasteiger partial charge in [0, 0.05) is 53.1 Å². The Morgan fingerprint density at radius 3 is 2.61 bits per heavy atom.